The molecule has 2 atom stereocenters. The summed E-state index contributed by atoms with van der Waals surface area (Å²) in [6.45, 7) is 9.63. The lowest BCUT2D eigenvalue weighted by molar-refractivity contribution is -0.131. The van der Waals surface area contributed by atoms with Crippen LogP contribution < -0.4 is 0 Å². The Bertz CT molecular complexity index is 465. The highest BCUT2D eigenvalue weighted by atomic mass is 16.6. The Morgan fingerprint density at radius 3 is 2.71 bits per heavy atom. The van der Waals surface area contributed by atoms with E-state index in [1.807, 2.05) is 0 Å². The fourth-order valence-electron chi connectivity index (χ4n) is 3.24. The van der Waals surface area contributed by atoms with E-state index < -0.39 is 5.97 Å². The summed E-state index contributed by atoms with van der Waals surface area (Å²) in [4.78, 5) is 10.9. The number of aliphatic carboxylic acids is 1. The van der Waals surface area contributed by atoms with Crippen molar-refractivity contribution in [1.82, 2.24) is 0 Å². The highest BCUT2D eigenvalue weighted by molar-refractivity contribution is 5.80. The maximum atomic E-state index is 10.9. The summed E-state index contributed by atoms with van der Waals surface area (Å²) in [5.41, 5.74) is 1.80. The van der Waals surface area contributed by atoms with E-state index in [0.717, 1.165) is 31.4 Å². The smallest absolute Gasteiger partial charge is 0.328 e. The molecule has 118 valence electrons. The third-order valence-electron chi connectivity index (χ3n) is 4.60. The Balaban J connectivity index is 2.10. The molecule has 0 aromatic heterocycles. The molecule has 0 aromatic carbocycles. The molecule has 4 heteroatoms. The molecule has 0 amide bonds. The second-order valence-corrected chi connectivity index (χ2v) is 6.95. The van der Waals surface area contributed by atoms with Crippen LogP contribution in [0.5, 0.6) is 0 Å². The Morgan fingerprint density at radius 1 is 1.52 bits per heavy atom. The number of epoxide rings is 1. The second kappa shape index (κ2) is 5.93. The number of rotatable bonds is 5. The first-order valence-electron chi connectivity index (χ1n) is 7.59. The average Bonchev–Trinajstić information content (AvgIpc) is 3.11. The number of carbonyl (C=O) groups is 1. The Labute approximate surface area is 126 Å². The van der Waals surface area contributed by atoms with Gasteiger partial charge in [0, 0.05) is 12.0 Å². The van der Waals surface area contributed by atoms with Crippen LogP contribution in [0.4, 0.5) is 0 Å². The van der Waals surface area contributed by atoms with Gasteiger partial charge in [0.25, 0.3) is 0 Å². The first-order chi connectivity index (χ1) is 9.75. The van der Waals surface area contributed by atoms with Gasteiger partial charge >= 0.3 is 5.97 Å². The number of carboxylic acid groups (broad SMARTS) is 1. The zero-order valence-corrected chi connectivity index (χ0v) is 13.4. The summed E-state index contributed by atoms with van der Waals surface area (Å²) in [5, 5.41) is 8.96. The van der Waals surface area contributed by atoms with Crippen LogP contribution in [-0.2, 0) is 14.3 Å². The third-order valence-corrected chi connectivity index (χ3v) is 4.60. The molecule has 1 heterocycles. The van der Waals surface area contributed by atoms with Gasteiger partial charge in [0.2, 0.25) is 0 Å². The molecule has 1 N–H and O–H groups in total. The Hall–Kier alpha value is -1.13. The lowest BCUT2D eigenvalue weighted by Gasteiger charge is -2.41. The van der Waals surface area contributed by atoms with Gasteiger partial charge in [0.1, 0.15) is 0 Å². The van der Waals surface area contributed by atoms with Crippen molar-refractivity contribution in [2.45, 2.75) is 58.2 Å². The standard InChI is InChI=1S/C17H26O4/c1-12(2)6-8-20-16(3,4)14-9-13(10-15(18)19)5-7-17(14)11-21-17/h6,10,14H,5,7-9,11H2,1-4H3,(H,18,19)/b13-10-. The van der Waals surface area contributed by atoms with Gasteiger partial charge < -0.3 is 14.6 Å². The van der Waals surface area contributed by atoms with Gasteiger partial charge in [-0.2, -0.15) is 0 Å². The Morgan fingerprint density at radius 2 is 2.19 bits per heavy atom. The summed E-state index contributed by atoms with van der Waals surface area (Å²) in [6, 6.07) is 0. The summed E-state index contributed by atoms with van der Waals surface area (Å²) in [7, 11) is 0. The molecule has 0 radical (unpaired) electrons. The van der Waals surface area contributed by atoms with Crippen molar-refractivity contribution in [3.63, 3.8) is 0 Å². The van der Waals surface area contributed by atoms with Crippen molar-refractivity contribution in [2.75, 3.05) is 13.2 Å². The van der Waals surface area contributed by atoms with E-state index in [-0.39, 0.29) is 17.1 Å². The Kier molecular flexibility index (Phi) is 4.59. The van der Waals surface area contributed by atoms with Crippen molar-refractivity contribution in [3.8, 4) is 0 Å². The van der Waals surface area contributed by atoms with Crippen molar-refractivity contribution in [3.05, 3.63) is 23.3 Å². The largest absolute Gasteiger partial charge is 0.478 e. The summed E-state index contributed by atoms with van der Waals surface area (Å²) in [5.74, 6) is -0.658. The van der Waals surface area contributed by atoms with Crippen LogP contribution in [0.2, 0.25) is 0 Å². The highest BCUT2D eigenvalue weighted by Gasteiger charge is 2.58. The van der Waals surface area contributed by atoms with Crippen LogP contribution >= 0.6 is 0 Å². The predicted octanol–water partition coefficient (Wildman–Crippen LogP) is 3.33. The predicted molar refractivity (Wildman–Crippen MR) is 81.2 cm³/mol. The topological polar surface area (TPSA) is 59.1 Å². The minimum Gasteiger partial charge on any atom is -0.478 e. The molecule has 21 heavy (non-hydrogen) atoms. The molecule has 1 spiro atoms. The van der Waals surface area contributed by atoms with E-state index in [1.165, 1.54) is 11.6 Å². The quantitative estimate of drug-likeness (QED) is 0.480. The average molecular weight is 294 g/mol. The molecule has 1 saturated carbocycles. The number of ether oxygens (including phenoxy) is 2. The maximum absolute atomic E-state index is 10.9. The van der Waals surface area contributed by atoms with Gasteiger partial charge in [-0.1, -0.05) is 17.2 Å². The number of allylic oxidation sites excluding steroid dienone is 2. The first-order valence-corrected chi connectivity index (χ1v) is 7.59. The van der Waals surface area contributed by atoms with E-state index in [2.05, 4.69) is 33.8 Å². The van der Waals surface area contributed by atoms with E-state index in [9.17, 15) is 4.79 Å². The number of hydrogen-bond acceptors (Lipinski definition) is 3. The van der Waals surface area contributed by atoms with Crippen molar-refractivity contribution in [2.24, 2.45) is 5.92 Å². The molecule has 1 saturated heterocycles. The minimum absolute atomic E-state index is 0.0929. The van der Waals surface area contributed by atoms with Crippen LogP contribution in [0.15, 0.2) is 23.3 Å². The molecule has 4 nitrogen and oxygen atoms in total. The van der Waals surface area contributed by atoms with Crippen LogP contribution in [0, 0.1) is 5.92 Å². The summed E-state index contributed by atoms with van der Waals surface area (Å²) >= 11 is 0. The molecule has 2 fully saturated rings. The molecule has 1 aliphatic heterocycles. The van der Waals surface area contributed by atoms with Crippen LogP contribution in [0.3, 0.4) is 0 Å². The fourth-order valence-corrected chi connectivity index (χ4v) is 3.24. The van der Waals surface area contributed by atoms with Gasteiger partial charge in [-0.25, -0.2) is 4.79 Å². The monoisotopic (exact) mass is 294 g/mol. The number of carboxylic acids is 1. The van der Waals surface area contributed by atoms with Crippen molar-refractivity contribution in [1.29, 1.82) is 0 Å². The van der Waals surface area contributed by atoms with Crippen molar-refractivity contribution >= 4 is 5.97 Å². The van der Waals surface area contributed by atoms with Crippen molar-refractivity contribution < 1.29 is 19.4 Å². The molecular formula is C17H26O4. The lowest BCUT2D eigenvalue weighted by Crippen LogP contribution is -2.46. The molecule has 2 rings (SSSR count). The van der Waals surface area contributed by atoms with Crippen LogP contribution in [0.1, 0.15) is 47.0 Å². The molecular weight excluding hydrogens is 268 g/mol. The summed E-state index contributed by atoms with van der Waals surface area (Å²) in [6.07, 6.45) is 5.88. The van der Waals surface area contributed by atoms with Gasteiger partial charge in [-0.15, -0.1) is 0 Å². The zero-order chi connectivity index (χ0) is 15.7. The second-order valence-electron chi connectivity index (χ2n) is 6.95. The van der Waals surface area contributed by atoms with Crippen LogP contribution in [0.25, 0.3) is 0 Å². The lowest BCUT2D eigenvalue weighted by atomic mass is 9.69. The van der Waals surface area contributed by atoms with Crippen LogP contribution in [-0.4, -0.2) is 35.5 Å². The molecule has 1 aliphatic carbocycles. The minimum atomic E-state index is -0.861. The maximum Gasteiger partial charge on any atom is 0.328 e. The van der Waals surface area contributed by atoms with E-state index in [0.29, 0.717) is 6.61 Å². The third kappa shape index (κ3) is 3.95. The SMILES string of the molecule is CC(C)=CCOC(C)(C)C1C/C(=C\C(=O)O)CCC12CO2. The molecule has 2 unspecified atom stereocenters. The van der Waals surface area contributed by atoms with Gasteiger partial charge in [0.15, 0.2) is 0 Å². The number of hydrogen-bond donors (Lipinski definition) is 1. The zero-order valence-electron chi connectivity index (χ0n) is 13.4. The fraction of sp³-hybridized carbons (Fsp3) is 0.706. The first kappa shape index (κ1) is 16.2. The molecule has 0 aromatic rings. The highest BCUT2D eigenvalue weighted by Crippen LogP contribution is 2.52. The summed E-state index contributed by atoms with van der Waals surface area (Å²) < 4.78 is 11.8. The van der Waals surface area contributed by atoms with E-state index in [1.54, 1.807) is 0 Å². The molecule has 0 bridgehead atoms. The normalized spacial score (nSPS) is 30.5. The van der Waals surface area contributed by atoms with Gasteiger partial charge in [0.05, 0.1) is 24.4 Å². The van der Waals surface area contributed by atoms with E-state index in [4.69, 9.17) is 14.6 Å². The van der Waals surface area contributed by atoms with Gasteiger partial charge in [-0.05, 0) is 47.0 Å². The molecule has 2 aliphatic rings. The van der Waals surface area contributed by atoms with Gasteiger partial charge in [-0.3, -0.25) is 0 Å². The van der Waals surface area contributed by atoms with E-state index >= 15 is 0 Å².